The van der Waals surface area contributed by atoms with Crippen LogP contribution in [0.25, 0.3) is 0 Å². The molecule has 0 saturated heterocycles. The molecule has 60 valence electrons. The minimum Gasteiger partial charge on any atom is -0.466 e. The average molecular weight is 192 g/mol. The highest BCUT2D eigenvalue weighted by molar-refractivity contribution is 7.23. The predicted molar refractivity (Wildman–Crippen MR) is 53.1 cm³/mol. The van der Waals surface area contributed by atoms with Crippen LogP contribution in [0.1, 0.15) is 13.3 Å². The summed E-state index contributed by atoms with van der Waals surface area (Å²) in [5.74, 6) is -0.134. The Bertz CT molecular complexity index is 96.9. The van der Waals surface area contributed by atoms with Crippen molar-refractivity contribution in [3.05, 3.63) is 0 Å². The van der Waals surface area contributed by atoms with Crippen LogP contribution in [-0.2, 0) is 9.53 Å². The summed E-state index contributed by atoms with van der Waals surface area (Å²) in [6.45, 7) is 2.14. The van der Waals surface area contributed by atoms with Crippen LogP contribution in [-0.4, -0.2) is 39.9 Å². The van der Waals surface area contributed by atoms with Gasteiger partial charge in [0, 0.05) is 16.0 Å². The molecule has 0 aromatic rings. The van der Waals surface area contributed by atoms with Gasteiger partial charge in [0.05, 0.1) is 6.61 Å². The molecule has 0 heterocycles. The monoisotopic (exact) mass is 192 g/mol. The summed E-state index contributed by atoms with van der Waals surface area (Å²) in [7, 11) is 2.39. The van der Waals surface area contributed by atoms with Crippen LogP contribution in [0.4, 0.5) is 0 Å². The molecule has 0 aliphatic carbocycles. The molecule has 10 heavy (non-hydrogen) atoms. The molecule has 0 unspecified atom stereocenters. The van der Waals surface area contributed by atoms with Crippen molar-refractivity contribution in [2.24, 2.45) is 0 Å². The van der Waals surface area contributed by atoms with Gasteiger partial charge in [-0.3, -0.25) is 4.79 Å². The van der Waals surface area contributed by atoms with Gasteiger partial charge in [-0.05, 0) is 24.7 Å². The van der Waals surface area contributed by atoms with Gasteiger partial charge < -0.3 is 4.74 Å². The highest BCUT2D eigenvalue weighted by atomic mass is 29.5. The van der Waals surface area contributed by atoms with E-state index in [2.05, 4.69) is 0 Å². The van der Waals surface area contributed by atoms with E-state index in [1.165, 1.54) is 22.7 Å². The first-order valence-electron chi connectivity index (χ1n) is 3.90. The molecule has 5 heteroatoms. The Morgan fingerprint density at radius 2 is 2.40 bits per heavy atom. The molecule has 0 bridgehead atoms. The minimum atomic E-state index is -0.134. The minimum absolute atomic E-state index is 0.134. The van der Waals surface area contributed by atoms with Gasteiger partial charge in [0.15, 0.2) is 0 Å². The number of esters is 1. The Labute approximate surface area is 69.4 Å². The number of carbonyl (C=O) groups is 1. The number of ether oxygens (including phenoxy) is 1. The first-order chi connectivity index (χ1) is 4.77. The fourth-order valence-corrected chi connectivity index (χ4v) is 8.86. The quantitative estimate of drug-likeness (QED) is 0.283. The van der Waals surface area contributed by atoms with E-state index in [-0.39, 0.29) is 5.97 Å². The largest absolute Gasteiger partial charge is 0.466 e. The topological polar surface area (TPSA) is 26.3 Å². The van der Waals surface area contributed by atoms with E-state index >= 15 is 0 Å². The second-order valence-corrected chi connectivity index (χ2v) is 18.9. The molecule has 0 rings (SSSR count). The Morgan fingerprint density at radius 1 is 1.70 bits per heavy atom. The van der Waals surface area contributed by atoms with E-state index in [9.17, 15) is 4.79 Å². The lowest BCUT2D eigenvalue weighted by molar-refractivity contribution is -0.140. The van der Waals surface area contributed by atoms with Crippen LogP contribution in [0.3, 0.4) is 0 Å². The zero-order valence-electron chi connectivity index (χ0n) is 6.85. The van der Waals surface area contributed by atoms with E-state index in [0.717, 1.165) is 6.42 Å². The maximum atomic E-state index is 10.3. The van der Waals surface area contributed by atoms with Gasteiger partial charge in [-0.2, -0.15) is 0 Å². The van der Waals surface area contributed by atoms with Crippen LogP contribution >= 0.6 is 0 Å². The molecule has 0 aliphatic rings. The first kappa shape index (κ1) is 10.1. The van der Waals surface area contributed by atoms with Crippen molar-refractivity contribution in [3.8, 4) is 0 Å². The van der Waals surface area contributed by atoms with Crippen LogP contribution in [0, 0.1) is 0 Å². The maximum Gasteiger partial charge on any atom is 0.302 e. The third-order valence-corrected chi connectivity index (χ3v) is 13.0. The summed E-state index contributed by atoms with van der Waals surface area (Å²) < 4.78 is 4.80. The molecule has 0 saturated carbocycles. The van der Waals surface area contributed by atoms with Gasteiger partial charge in [-0.15, -0.1) is 0 Å². The molecule has 0 aliphatic heterocycles. The number of carbonyl (C=O) groups excluding carboxylic acids is 1. The smallest absolute Gasteiger partial charge is 0.302 e. The van der Waals surface area contributed by atoms with E-state index in [4.69, 9.17) is 4.74 Å². The van der Waals surface area contributed by atoms with Crippen LogP contribution in [0.2, 0.25) is 6.04 Å². The highest BCUT2D eigenvalue weighted by Crippen LogP contribution is 1.88. The van der Waals surface area contributed by atoms with Crippen molar-refractivity contribution in [1.82, 2.24) is 0 Å². The maximum absolute atomic E-state index is 10.3. The van der Waals surface area contributed by atoms with Gasteiger partial charge >= 0.3 is 5.97 Å². The molecule has 0 atom stereocenters. The van der Waals surface area contributed by atoms with Crippen molar-refractivity contribution in [2.75, 3.05) is 6.61 Å². The van der Waals surface area contributed by atoms with Crippen molar-refractivity contribution < 1.29 is 9.53 Å². The molecule has 0 aromatic heterocycles. The van der Waals surface area contributed by atoms with Crippen LogP contribution in [0.15, 0.2) is 0 Å². The summed E-state index contributed by atoms with van der Waals surface area (Å²) in [5, 5.41) is 0. The number of rotatable bonds is 5. The molecule has 0 N–H and O–H groups in total. The number of hydrogen-bond acceptors (Lipinski definition) is 2. The van der Waals surface area contributed by atoms with Crippen LogP contribution < -0.4 is 0 Å². The van der Waals surface area contributed by atoms with Gasteiger partial charge in [0.2, 0.25) is 0 Å². The lowest BCUT2D eigenvalue weighted by atomic mass is 10.5. The van der Waals surface area contributed by atoms with E-state index in [0.29, 0.717) is 24.2 Å². The molecule has 2 nitrogen and oxygen atoms in total. The van der Waals surface area contributed by atoms with Gasteiger partial charge in [0.1, 0.15) is 0 Å². The SMILES string of the molecule is CC(=O)OCCC[SiH2][SiH2][SiH3]. The normalized spacial score (nSPS) is 12.1. The molecule has 0 fully saturated rings. The predicted octanol–water partition coefficient (Wildman–Crippen LogP) is -2.11. The van der Waals surface area contributed by atoms with E-state index in [1.54, 1.807) is 0 Å². The zero-order valence-corrected chi connectivity index (χ0v) is 11.7. The number of hydrogen-bond donors (Lipinski definition) is 0. The Morgan fingerprint density at radius 3 is 2.90 bits per heavy atom. The zero-order chi connectivity index (χ0) is 7.82. The second kappa shape index (κ2) is 7.23. The Hall–Kier alpha value is 0.121. The van der Waals surface area contributed by atoms with Gasteiger partial charge in [-0.1, -0.05) is 6.04 Å². The summed E-state index contributed by atoms with van der Waals surface area (Å²) in [4.78, 5) is 10.3. The Kier molecular flexibility index (Phi) is 7.32. The molecule has 0 spiro atoms. The molecule has 0 aromatic carbocycles. The summed E-state index contributed by atoms with van der Waals surface area (Å²) in [6.07, 6.45) is 1.13. The third kappa shape index (κ3) is 8.12. The van der Waals surface area contributed by atoms with Crippen molar-refractivity contribution in [3.63, 3.8) is 0 Å². The fourth-order valence-electron chi connectivity index (χ4n) is 0.745. The summed E-state index contributed by atoms with van der Waals surface area (Å²) >= 11 is 0. The van der Waals surface area contributed by atoms with Crippen molar-refractivity contribution in [2.45, 2.75) is 19.4 Å². The molecule has 0 amide bonds. The molecule has 0 radical (unpaired) electrons. The van der Waals surface area contributed by atoms with Crippen LogP contribution in [0.5, 0.6) is 0 Å². The Balaban J connectivity index is 2.84. The van der Waals surface area contributed by atoms with Crippen molar-refractivity contribution in [1.29, 1.82) is 0 Å². The molecular weight excluding hydrogens is 176 g/mol. The fraction of sp³-hybridized carbons (Fsp3) is 0.800. The summed E-state index contributed by atoms with van der Waals surface area (Å²) in [5.41, 5.74) is 0. The van der Waals surface area contributed by atoms with E-state index in [1.807, 2.05) is 0 Å². The highest BCUT2D eigenvalue weighted by Gasteiger charge is 1.91. The van der Waals surface area contributed by atoms with Gasteiger partial charge in [0.25, 0.3) is 0 Å². The van der Waals surface area contributed by atoms with E-state index < -0.39 is 0 Å². The van der Waals surface area contributed by atoms with Crippen molar-refractivity contribution >= 4 is 33.3 Å². The second-order valence-electron chi connectivity index (χ2n) is 2.40. The average Bonchev–Trinajstić information content (AvgIpc) is 1.87. The third-order valence-electron chi connectivity index (χ3n) is 1.30. The first-order valence-corrected chi connectivity index (χ1v) is 14.6. The lowest BCUT2D eigenvalue weighted by Gasteiger charge is -1.98. The lowest BCUT2D eigenvalue weighted by Crippen LogP contribution is -2.05. The van der Waals surface area contributed by atoms with Gasteiger partial charge in [-0.25, -0.2) is 0 Å². The standard InChI is InChI=1S/C5H16O2Si3/c1-5(6)7-3-2-4-9-10-8/h2-4,9-10H2,1,8H3. The molecular formula is C5H16O2Si3. The summed E-state index contributed by atoms with van der Waals surface area (Å²) in [6, 6.07) is 1.41.